The Labute approximate surface area is 150 Å². The number of nitriles is 1. The zero-order chi connectivity index (χ0) is 16.2. The van der Waals surface area contributed by atoms with E-state index in [1.54, 1.807) is 10.9 Å². The molecule has 0 bridgehead atoms. The molecule has 0 atom stereocenters. The van der Waals surface area contributed by atoms with Crippen LogP contribution in [0.15, 0.2) is 12.4 Å². The third kappa shape index (κ3) is 3.60. The van der Waals surface area contributed by atoms with Gasteiger partial charge in [0.1, 0.15) is 11.1 Å². The second-order valence-electron chi connectivity index (χ2n) is 5.15. The van der Waals surface area contributed by atoms with E-state index in [-0.39, 0.29) is 18.3 Å². The molecule has 3 rings (SSSR count). The second kappa shape index (κ2) is 7.98. The molecule has 0 aliphatic carbocycles. The monoisotopic (exact) mass is 361 g/mol. The minimum Gasteiger partial charge on any atom is -0.312 e. The molecular weight excluding hydrogens is 346 g/mol. The number of halogens is 1. The van der Waals surface area contributed by atoms with Gasteiger partial charge in [-0.05, 0) is 18.5 Å². The lowest BCUT2D eigenvalue weighted by atomic mass is 10.1. The topological polar surface area (TPSA) is 82.7 Å². The van der Waals surface area contributed by atoms with Crippen LogP contribution < -0.4 is 10.6 Å². The van der Waals surface area contributed by atoms with Gasteiger partial charge in [0.05, 0.1) is 23.9 Å². The van der Waals surface area contributed by atoms with E-state index in [1.807, 2.05) is 0 Å². The molecule has 8 heteroatoms. The zero-order valence-electron chi connectivity index (χ0n) is 12.8. The van der Waals surface area contributed by atoms with E-state index in [0.29, 0.717) is 29.1 Å². The third-order valence-electron chi connectivity index (χ3n) is 3.65. The summed E-state index contributed by atoms with van der Waals surface area (Å²) in [5.41, 5.74) is 2.09. The highest BCUT2D eigenvalue weighted by molar-refractivity contribution is 7.16. The SMILES string of the molecule is C#CCCn1cc(C(=O)Nc2sc3c(c2C#N)CCNC3)cn1.Cl. The number of carbonyl (C=O) groups is 1. The molecular formula is C16H16ClN5OS. The maximum atomic E-state index is 12.4. The van der Waals surface area contributed by atoms with Crippen molar-refractivity contribution < 1.29 is 4.79 Å². The van der Waals surface area contributed by atoms with E-state index in [9.17, 15) is 10.1 Å². The first-order valence-electron chi connectivity index (χ1n) is 7.25. The van der Waals surface area contributed by atoms with Gasteiger partial charge in [-0.2, -0.15) is 10.4 Å². The van der Waals surface area contributed by atoms with Crippen LogP contribution in [0.1, 0.15) is 32.8 Å². The minimum absolute atomic E-state index is 0. The Morgan fingerprint density at radius 1 is 1.58 bits per heavy atom. The minimum atomic E-state index is -0.264. The van der Waals surface area contributed by atoms with Crippen LogP contribution in [0.3, 0.4) is 0 Å². The number of fused-ring (bicyclic) bond motifs is 1. The highest BCUT2D eigenvalue weighted by Crippen LogP contribution is 2.34. The van der Waals surface area contributed by atoms with Gasteiger partial charge in [-0.25, -0.2) is 0 Å². The molecule has 0 unspecified atom stereocenters. The van der Waals surface area contributed by atoms with Crippen LogP contribution in [-0.4, -0.2) is 22.2 Å². The maximum absolute atomic E-state index is 12.4. The van der Waals surface area contributed by atoms with Crippen LogP contribution in [0, 0.1) is 23.7 Å². The molecule has 0 spiro atoms. The molecule has 2 N–H and O–H groups in total. The number of anilines is 1. The van der Waals surface area contributed by atoms with Gasteiger partial charge in [0.2, 0.25) is 0 Å². The van der Waals surface area contributed by atoms with Crippen LogP contribution in [0.5, 0.6) is 0 Å². The summed E-state index contributed by atoms with van der Waals surface area (Å²) in [5, 5.41) is 20.2. The van der Waals surface area contributed by atoms with E-state index in [0.717, 1.165) is 30.0 Å². The number of carbonyl (C=O) groups excluding carboxylic acids is 1. The predicted octanol–water partition coefficient (Wildman–Crippen LogP) is 2.16. The van der Waals surface area contributed by atoms with Gasteiger partial charge in [-0.1, -0.05) is 0 Å². The van der Waals surface area contributed by atoms with Crippen LogP contribution in [-0.2, 0) is 19.5 Å². The van der Waals surface area contributed by atoms with Crippen LogP contribution in [0.25, 0.3) is 0 Å². The van der Waals surface area contributed by atoms with Gasteiger partial charge in [0.15, 0.2) is 0 Å². The summed E-state index contributed by atoms with van der Waals surface area (Å²) in [6.07, 6.45) is 9.76. The van der Waals surface area contributed by atoms with Gasteiger partial charge >= 0.3 is 0 Å². The van der Waals surface area contributed by atoms with Crippen molar-refractivity contribution in [2.75, 3.05) is 11.9 Å². The van der Waals surface area contributed by atoms with Gasteiger partial charge in [0.25, 0.3) is 5.91 Å². The fraction of sp³-hybridized carbons (Fsp3) is 0.312. The molecule has 24 heavy (non-hydrogen) atoms. The molecule has 0 aromatic carbocycles. The normalized spacial score (nSPS) is 12.4. The second-order valence-corrected chi connectivity index (χ2v) is 6.25. The van der Waals surface area contributed by atoms with Gasteiger partial charge in [-0.15, -0.1) is 36.1 Å². The number of aryl methyl sites for hydroxylation is 1. The molecule has 0 fully saturated rings. The summed E-state index contributed by atoms with van der Waals surface area (Å²) in [4.78, 5) is 13.5. The molecule has 2 aromatic heterocycles. The molecule has 0 radical (unpaired) electrons. The van der Waals surface area contributed by atoms with Crippen molar-refractivity contribution in [3.05, 3.63) is 34.0 Å². The van der Waals surface area contributed by atoms with Crippen molar-refractivity contribution in [2.24, 2.45) is 0 Å². The quantitative estimate of drug-likeness (QED) is 0.817. The Bertz CT molecular complexity index is 827. The van der Waals surface area contributed by atoms with E-state index in [2.05, 4.69) is 27.7 Å². The van der Waals surface area contributed by atoms with Crippen molar-refractivity contribution in [2.45, 2.75) is 25.9 Å². The summed E-state index contributed by atoms with van der Waals surface area (Å²) < 4.78 is 1.64. The molecule has 124 valence electrons. The summed E-state index contributed by atoms with van der Waals surface area (Å²) in [6, 6.07) is 2.22. The van der Waals surface area contributed by atoms with Crippen LogP contribution in [0.2, 0.25) is 0 Å². The van der Waals surface area contributed by atoms with Crippen molar-refractivity contribution in [3.8, 4) is 18.4 Å². The number of terminal acetylenes is 1. The van der Waals surface area contributed by atoms with Crippen LogP contribution >= 0.6 is 23.7 Å². The Hall–Kier alpha value is -2.32. The Balaban J connectivity index is 0.00000208. The van der Waals surface area contributed by atoms with E-state index in [1.165, 1.54) is 17.5 Å². The molecule has 2 aromatic rings. The number of nitrogens with one attached hydrogen (secondary N) is 2. The zero-order valence-corrected chi connectivity index (χ0v) is 14.5. The number of hydrogen-bond donors (Lipinski definition) is 2. The molecule has 1 aliphatic heterocycles. The molecule has 1 amide bonds. The van der Waals surface area contributed by atoms with Crippen molar-refractivity contribution in [1.82, 2.24) is 15.1 Å². The first-order chi connectivity index (χ1) is 11.2. The summed E-state index contributed by atoms with van der Waals surface area (Å²) in [5.74, 6) is 2.27. The molecule has 0 saturated carbocycles. The molecule has 0 saturated heterocycles. The number of hydrogen-bond acceptors (Lipinski definition) is 5. The van der Waals surface area contributed by atoms with Crippen LogP contribution in [0.4, 0.5) is 5.00 Å². The first-order valence-corrected chi connectivity index (χ1v) is 8.07. The fourth-order valence-electron chi connectivity index (χ4n) is 2.50. The van der Waals surface area contributed by atoms with Gasteiger partial charge in [0, 0.05) is 24.0 Å². The van der Waals surface area contributed by atoms with E-state index >= 15 is 0 Å². The number of thiophene rings is 1. The van der Waals surface area contributed by atoms with E-state index in [4.69, 9.17) is 6.42 Å². The summed E-state index contributed by atoms with van der Waals surface area (Å²) in [6.45, 7) is 2.18. The molecule has 3 heterocycles. The lowest BCUT2D eigenvalue weighted by Crippen LogP contribution is -2.22. The van der Waals surface area contributed by atoms with Gasteiger partial charge < -0.3 is 10.6 Å². The predicted molar refractivity (Wildman–Crippen MR) is 95.3 cm³/mol. The Morgan fingerprint density at radius 3 is 3.17 bits per heavy atom. The third-order valence-corrected chi connectivity index (χ3v) is 4.80. The smallest absolute Gasteiger partial charge is 0.259 e. The lowest BCUT2D eigenvalue weighted by Gasteiger charge is -2.11. The van der Waals surface area contributed by atoms with E-state index < -0.39 is 0 Å². The Kier molecular flexibility index (Phi) is 5.99. The maximum Gasteiger partial charge on any atom is 0.259 e. The Morgan fingerprint density at radius 2 is 2.42 bits per heavy atom. The first kappa shape index (κ1) is 18.0. The number of rotatable bonds is 4. The summed E-state index contributed by atoms with van der Waals surface area (Å²) in [7, 11) is 0. The highest BCUT2D eigenvalue weighted by atomic mass is 35.5. The number of aromatic nitrogens is 2. The molecule has 1 aliphatic rings. The van der Waals surface area contributed by atoms with Crippen molar-refractivity contribution in [3.63, 3.8) is 0 Å². The fourth-order valence-corrected chi connectivity index (χ4v) is 3.66. The lowest BCUT2D eigenvalue weighted by molar-refractivity contribution is 0.102. The molecule has 6 nitrogen and oxygen atoms in total. The highest BCUT2D eigenvalue weighted by Gasteiger charge is 2.22. The number of amides is 1. The standard InChI is InChI=1S/C16H15N5OS.ClH/c1-2-3-6-21-10-11(8-19-21)15(22)20-16-13(7-17)12-4-5-18-9-14(12)23-16;/h1,8,10,18H,3-6,9H2,(H,20,22);1H. The van der Waals surface area contributed by atoms with Crippen molar-refractivity contribution in [1.29, 1.82) is 5.26 Å². The largest absolute Gasteiger partial charge is 0.312 e. The van der Waals surface area contributed by atoms with Gasteiger partial charge in [-0.3, -0.25) is 9.48 Å². The average molecular weight is 362 g/mol. The number of nitrogens with zero attached hydrogens (tertiary/aromatic N) is 3. The average Bonchev–Trinajstić information content (AvgIpc) is 3.16. The van der Waals surface area contributed by atoms with Crippen molar-refractivity contribution >= 4 is 34.7 Å². The summed E-state index contributed by atoms with van der Waals surface area (Å²) >= 11 is 1.46.